The zero-order valence-corrected chi connectivity index (χ0v) is 17.0. The molecule has 1 aliphatic heterocycles. The standard InChI is InChI=1S/C22H16N4O4S/c27-26(28)16-5-3-4-14(10-16)12-31-22-24-18-7-2-1-6-17(18)21(25-22)23-15-8-9-19-20(11-15)30-13-29-19/h1-11H,12-13H2,(H,23,24,25). The maximum atomic E-state index is 11.0. The van der Waals surface area contributed by atoms with E-state index in [0.29, 0.717) is 28.2 Å². The third-order valence-electron chi connectivity index (χ3n) is 4.71. The number of non-ortho nitro benzene ring substituents is 1. The van der Waals surface area contributed by atoms with Crippen LogP contribution in [-0.4, -0.2) is 21.7 Å². The van der Waals surface area contributed by atoms with Crippen molar-refractivity contribution in [2.24, 2.45) is 0 Å². The Kier molecular flexibility index (Phi) is 5.01. The smallest absolute Gasteiger partial charge is 0.269 e. The molecule has 4 aromatic rings. The normalized spacial score (nSPS) is 12.1. The van der Waals surface area contributed by atoms with E-state index in [1.807, 2.05) is 48.5 Å². The molecular formula is C22H16N4O4S. The van der Waals surface area contributed by atoms with Crippen molar-refractivity contribution < 1.29 is 14.4 Å². The quantitative estimate of drug-likeness (QED) is 0.190. The van der Waals surface area contributed by atoms with E-state index in [1.54, 1.807) is 12.1 Å². The van der Waals surface area contributed by atoms with Gasteiger partial charge in [0.05, 0.1) is 10.4 Å². The number of para-hydroxylation sites is 1. The number of hydrogen-bond donors (Lipinski definition) is 1. The van der Waals surface area contributed by atoms with Gasteiger partial charge in [0.2, 0.25) is 6.79 Å². The van der Waals surface area contributed by atoms with Crippen LogP contribution in [0.1, 0.15) is 5.56 Å². The van der Waals surface area contributed by atoms with E-state index < -0.39 is 4.92 Å². The summed E-state index contributed by atoms with van der Waals surface area (Å²) < 4.78 is 10.8. The van der Waals surface area contributed by atoms with Crippen molar-refractivity contribution in [3.05, 3.63) is 82.4 Å². The van der Waals surface area contributed by atoms with Gasteiger partial charge >= 0.3 is 0 Å². The van der Waals surface area contributed by atoms with Gasteiger partial charge in [0.25, 0.3) is 5.69 Å². The number of nitrogens with zero attached hydrogens (tertiary/aromatic N) is 3. The summed E-state index contributed by atoms with van der Waals surface area (Å²) in [7, 11) is 0. The topological polar surface area (TPSA) is 99.4 Å². The van der Waals surface area contributed by atoms with Crippen LogP contribution in [0.25, 0.3) is 10.9 Å². The molecule has 0 atom stereocenters. The number of rotatable bonds is 6. The van der Waals surface area contributed by atoms with Gasteiger partial charge in [-0.3, -0.25) is 10.1 Å². The van der Waals surface area contributed by atoms with Crippen LogP contribution in [0.5, 0.6) is 11.5 Å². The lowest BCUT2D eigenvalue weighted by molar-refractivity contribution is -0.384. The van der Waals surface area contributed by atoms with Gasteiger partial charge in [-0.2, -0.15) is 0 Å². The molecule has 154 valence electrons. The van der Waals surface area contributed by atoms with E-state index in [2.05, 4.69) is 10.3 Å². The molecule has 0 bridgehead atoms. The fourth-order valence-electron chi connectivity index (χ4n) is 3.23. The number of nitrogens with one attached hydrogen (secondary N) is 1. The molecule has 0 spiro atoms. The molecule has 5 rings (SSSR count). The number of anilines is 2. The number of nitro groups is 1. The molecule has 1 aromatic heterocycles. The van der Waals surface area contributed by atoms with Crippen LogP contribution in [0.4, 0.5) is 17.2 Å². The van der Waals surface area contributed by atoms with Gasteiger partial charge in [0.1, 0.15) is 5.82 Å². The Balaban J connectivity index is 1.43. The van der Waals surface area contributed by atoms with E-state index in [9.17, 15) is 10.1 Å². The van der Waals surface area contributed by atoms with Crippen LogP contribution >= 0.6 is 11.8 Å². The molecule has 31 heavy (non-hydrogen) atoms. The average Bonchev–Trinajstić information content (AvgIpc) is 3.26. The highest BCUT2D eigenvalue weighted by atomic mass is 32.2. The van der Waals surface area contributed by atoms with E-state index in [-0.39, 0.29) is 12.5 Å². The van der Waals surface area contributed by atoms with Crippen molar-refractivity contribution in [2.45, 2.75) is 10.9 Å². The Morgan fingerprint density at radius 2 is 1.87 bits per heavy atom. The molecule has 1 N–H and O–H groups in total. The number of nitro benzene ring substituents is 1. The third kappa shape index (κ3) is 4.08. The highest BCUT2D eigenvalue weighted by molar-refractivity contribution is 7.98. The molecular weight excluding hydrogens is 416 g/mol. The predicted octanol–water partition coefficient (Wildman–Crippen LogP) is 5.30. The van der Waals surface area contributed by atoms with E-state index in [1.165, 1.54) is 17.8 Å². The first kappa shape index (κ1) is 19.1. The first-order valence-electron chi connectivity index (χ1n) is 9.45. The summed E-state index contributed by atoms with van der Waals surface area (Å²) in [5.74, 6) is 2.59. The van der Waals surface area contributed by atoms with Crippen LogP contribution in [-0.2, 0) is 5.75 Å². The molecule has 3 aromatic carbocycles. The lowest BCUT2D eigenvalue weighted by Crippen LogP contribution is -1.99. The number of fused-ring (bicyclic) bond motifs is 2. The minimum absolute atomic E-state index is 0.0719. The molecule has 0 saturated heterocycles. The Hall–Kier alpha value is -3.85. The number of benzene rings is 3. The van der Waals surface area contributed by atoms with Crippen molar-refractivity contribution in [3.63, 3.8) is 0 Å². The fraction of sp³-hybridized carbons (Fsp3) is 0.0909. The Morgan fingerprint density at radius 3 is 2.77 bits per heavy atom. The van der Waals surface area contributed by atoms with Gasteiger partial charge in [0.15, 0.2) is 16.7 Å². The third-order valence-corrected chi connectivity index (χ3v) is 5.63. The number of hydrogen-bond acceptors (Lipinski definition) is 8. The summed E-state index contributed by atoms with van der Waals surface area (Å²) in [4.78, 5) is 20.0. The van der Waals surface area contributed by atoms with E-state index in [0.717, 1.165) is 22.2 Å². The van der Waals surface area contributed by atoms with Crippen LogP contribution in [0.15, 0.2) is 71.9 Å². The van der Waals surface area contributed by atoms with Crippen LogP contribution in [0.3, 0.4) is 0 Å². The van der Waals surface area contributed by atoms with Gasteiger partial charge in [-0.1, -0.05) is 36.0 Å². The second-order valence-corrected chi connectivity index (χ2v) is 7.72. The predicted molar refractivity (Wildman–Crippen MR) is 118 cm³/mol. The van der Waals surface area contributed by atoms with Crippen molar-refractivity contribution in [2.75, 3.05) is 12.1 Å². The molecule has 8 nitrogen and oxygen atoms in total. The van der Waals surface area contributed by atoms with Gasteiger partial charge in [-0.25, -0.2) is 9.97 Å². The lowest BCUT2D eigenvalue weighted by Gasteiger charge is -2.11. The zero-order chi connectivity index (χ0) is 21.2. The minimum atomic E-state index is -0.395. The van der Waals surface area contributed by atoms with E-state index >= 15 is 0 Å². The van der Waals surface area contributed by atoms with Crippen molar-refractivity contribution >= 4 is 39.9 Å². The summed E-state index contributed by atoms with van der Waals surface area (Å²) in [5, 5.41) is 15.8. The van der Waals surface area contributed by atoms with Crippen molar-refractivity contribution in [3.8, 4) is 11.5 Å². The Labute approximate surface area is 181 Å². The summed E-state index contributed by atoms with van der Waals surface area (Å²) in [6.45, 7) is 0.216. The molecule has 0 saturated carbocycles. The average molecular weight is 432 g/mol. The molecule has 0 radical (unpaired) electrons. The Bertz CT molecular complexity index is 1300. The Morgan fingerprint density at radius 1 is 1.00 bits per heavy atom. The molecule has 1 aliphatic rings. The minimum Gasteiger partial charge on any atom is -0.454 e. The molecule has 2 heterocycles. The summed E-state index contributed by atoms with van der Waals surface area (Å²) in [6, 6.07) is 20.0. The molecule has 0 unspecified atom stereocenters. The number of aromatic nitrogens is 2. The first-order valence-corrected chi connectivity index (χ1v) is 10.4. The fourth-order valence-corrected chi connectivity index (χ4v) is 4.03. The highest BCUT2D eigenvalue weighted by Gasteiger charge is 2.15. The number of ether oxygens (including phenoxy) is 2. The second-order valence-electron chi connectivity index (χ2n) is 6.78. The van der Waals surface area contributed by atoms with Gasteiger partial charge in [0, 0.05) is 35.0 Å². The molecule has 0 fully saturated rings. The zero-order valence-electron chi connectivity index (χ0n) is 16.1. The van der Waals surface area contributed by atoms with Crippen molar-refractivity contribution in [1.82, 2.24) is 9.97 Å². The number of thioether (sulfide) groups is 1. The van der Waals surface area contributed by atoms with Gasteiger partial charge < -0.3 is 14.8 Å². The summed E-state index contributed by atoms with van der Waals surface area (Å²) in [5.41, 5.74) is 2.54. The SMILES string of the molecule is O=[N+]([O-])c1cccc(CSc2nc(Nc3ccc4c(c3)OCO4)c3ccccc3n2)c1. The van der Waals surface area contributed by atoms with Crippen LogP contribution in [0.2, 0.25) is 0 Å². The maximum absolute atomic E-state index is 11.0. The van der Waals surface area contributed by atoms with Crippen LogP contribution < -0.4 is 14.8 Å². The van der Waals surface area contributed by atoms with Crippen molar-refractivity contribution in [1.29, 1.82) is 0 Å². The van der Waals surface area contributed by atoms with Gasteiger partial charge in [-0.05, 0) is 29.8 Å². The molecule has 0 aliphatic carbocycles. The molecule has 9 heteroatoms. The second kappa shape index (κ2) is 8.11. The first-order chi connectivity index (χ1) is 15.2. The lowest BCUT2D eigenvalue weighted by atomic mass is 10.2. The molecule has 0 amide bonds. The largest absolute Gasteiger partial charge is 0.454 e. The van der Waals surface area contributed by atoms with Crippen LogP contribution in [0, 0.1) is 10.1 Å². The monoisotopic (exact) mass is 432 g/mol. The van der Waals surface area contributed by atoms with E-state index in [4.69, 9.17) is 14.5 Å². The maximum Gasteiger partial charge on any atom is 0.269 e. The highest BCUT2D eigenvalue weighted by Crippen LogP contribution is 2.36. The summed E-state index contributed by atoms with van der Waals surface area (Å²) >= 11 is 1.42. The van der Waals surface area contributed by atoms with Gasteiger partial charge in [-0.15, -0.1) is 0 Å². The summed E-state index contributed by atoms with van der Waals surface area (Å²) in [6.07, 6.45) is 0.